The number of aromatic nitrogens is 3. The zero-order chi connectivity index (χ0) is 6.69. The summed E-state index contributed by atoms with van der Waals surface area (Å²) in [6, 6.07) is 0. The van der Waals surface area contributed by atoms with Crippen molar-refractivity contribution in [3.05, 3.63) is 5.82 Å². The second-order valence-electron chi connectivity index (χ2n) is 1.63. The van der Waals surface area contributed by atoms with E-state index in [0.29, 0.717) is 0 Å². The number of nitrogens with zero attached hydrogens (tertiary/aromatic N) is 2. The van der Waals surface area contributed by atoms with Gasteiger partial charge < -0.3 is 4.98 Å². The van der Waals surface area contributed by atoms with E-state index in [1.807, 2.05) is 13.2 Å². The number of aromatic amines is 1. The number of H-pyrrole nitrogens is 1. The van der Waals surface area contributed by atoms with Crippen LogP contribution in [-0.4, -0.2) is 21.4 Å². The Labute approximate surface area is 58.3 Å². The highest BCUT2D eigenvalue weighted by molar-refractivity contribution is 7.98. The van der Waals surface area contributed by atoms with Gasteiger partial charge in [0.2, 0.25) is 0 Å². The highest BCUT2D eigenvalue weighted by Gasteiger charge is 1.95. The molecule has 0 bridgehead atoms. The van der Waals surface area contributed by atoms with Gasteiger partial charge in [-0.15, -0.1) is 10.2 Å². The van der Waals surface area contributed by atoms with Gasteiger partial charge in [0.1, 0.15) is 5.82 Å². The molecule has 1 aromatic heterocycles. The summed E-state index contributed by atoms with van der Waals surface area (Å²) in [5.41, 5.74) is 0. The molecular weight excluding hydrogens is 134 g/mol. The Morgan fingerprint density at radius 1 is 1.56 bits per heavy atom. The van der Waals surface area contributed by atoms with Crippen molar-refractivity contribution in [1.82, 2.24) is 15.2 Å². The number of hydrogen-bond acceptors (Lipinski definition) is 3. The van der Waals surface area contributed by atoms with Crippen molar-refractivity contribution < 1.29 is 0 Å². The SMILES string of the molecule is CCc1nnc(SC)[nH]1. The Kier molecular flexibility index (Phi) is 2.10. The van der Waals surface area contributed by atoms with E-state index in [4.69, 9.17) is 0 Å². The third-order valence-electron chi connectivity index (χ3n) is 1.04. The van der Waals surface area contributed by atoms with Crippen LogP contribution in [0.4, 0.5) is 0 Å². The Balaban J connectivity index is 2.74. The second kappa shape index (κ2) is 2.87. The second-order valence-corrected chi connectivity index (χ2v) is 2.43. The van der Waals surface area contributed by atoms with Crippen molar-refractivity contribution in [3.8, 4) is 0 Å². The molecule has 0 aliphatic carbocycles. The maximum Gasteiger partial charge on any atom is 0.188 e. The Bertz CT molecular complexity index is 166. The molecule has 0 saturated heterocycles. The summed E-state index contributed by atoms with van der Waals surface area (Å²) < 4.78 is 0. The average Bonchev–Trinajstić information content (AvgIpc) is 2.34. The molecule has 0 aliphatic rings. The van der Waals surface area contributed by atoms with Crippen LogP contribution >= 0.6 is 11.8 Å². The molecule has 0 spiro atoms. The summed E-state index contributed by atoms with van der Waals surface area (Å²) in [7, 11) is 0. The fraction of sp³-hybridized carbons (Fsp3) is 0.600. The van der Waals surface area contributed by atoms with Crippen LogP contribution in [0.3, 0.4) is 0 Å². The first-order valence-electron chi connectivity index (χ1n) is 2.82. The number of rotatable bonds is 2. The fourth-order valence-electron chi connectivity index (χ4n) is 0.530. The smallest absolute Gasteiger partial charge is 0.188 e. The Morgan fingerprint density at radius 2 is 2.33 bits per heavy atom. The van der Waals surface area contributed by atoms with Crippen molar-refractivity contribution in [2.75, 3.05) is 6.26 Å². The number of hydrogen-bond donors (Lipinski definition) is 1. The first kappa shape index (κ1) is 6.61. The molecule has 1 N–H and O–H groups in total. The molecule has 0 atom stereocenters. The van der Waals surface area contributed by atoms with Gasteiger partial charge in [0.15, 0.2) is 5.16 Å². The van der Waals surface area contributed by atoms with Gasteiger partial charge in [0, 0.05) is 6.42 Å². The van der Waals surface area contributed by atoms with Crippen LogP contribution in [0.2, 0.25) is 0 Å². The normalized spacial score (nSPS) is 10.0. The lowest BCUT2D eigenvalue weighted by Crippen LogP contribution is -1.80. The minimum Gasteiger partial charge on any atom is -0.320 e. The van der Waals surface area contributed by atoms with Crippen molar-refractivity contribution in [2.24, 2.45) is 0 Å². The molecule has 9 heavy (non-hydrogen) atoms. The number of nitrogens with one attached hydrogen (secondary N) is 1. The lowest BCUT2D eigenvalue weighted by molar-refractivity contribution is 0.941. The minimum atomic E-state index is 0.895. The van der Waals surface area contributed by atoms with E-state index in [0.717, 1.165) is 17.4 Å². The first-order valence-corrected chi connectivity index (χ1v) is 4.04. The molecule has 0 radical (unpaired) electrons. The molecule has 1 heterocycles. The molecule has 0 unspecified atom stereocenters. The lowest BCUT2D eigenvalue weighted by atomic mass is 10.5. The molecule has 4 heteroatoms. The monoisotopic (exact) mass is 143 g/mol. The molecule has 3 nitrogen and oxygen atoms in total. The van der Waals surface area contributed by atoms with Gasteiger partial charge in [-0.1, -0.05) is 18.7 Å². The van der Waals surface area contributed by atoms with Crippen LogP contribution in [0.5, 0.6) is 0 Å². The van der Waals surface area contributed by atoms with Crippen LogP contribution in [0.1, 0.15) is 12.7 Å². The van der Waals surface area contributed by atoms with Gasteiger partial charge in [0.25, 0.3) is 0 Å². The van der Waals surface area contributed by atoms with E-state index < -0.39 is 0 Å². The van der Waals surface area contributed by atoms with Crippen LogP contribution in [0, 0.1) is 0 Å². The van der Waals surface area contributed by atoms with Gasteiger partial charge in [-0.25, -0.2) is 0 Å². The van der Waals surface area contributed by atoms with Crippen molar-refractivity contribution in [2.45, 2.75) is 18.5 Å². The summed E-state index contributed by atoms with van der Waals surface area (Å²) in [5.74, 6) is 0.958. The zero-order valence-corrected chi connectivity index (χ0v) is 6.33. The molecule has 0 amide bonds. The molecule has 1 rings (SSSR count). The van der Waals surface area contributed by atoms with E-state index in [9.17, 15) is 0 Å². The fourth-order valence-corrected chi connectivity index (χ4v) is 0.873. The van der Waals surface area contributed by atoms with E-state index in [2.05, 4.69) is 15.2 Å². The minimum absolute atomic E-state index is 0.895. The third kappa shape index (κ3) is 1.45. The largest absolute Gasteiger partial charge is 0.320 e. The Morgan fingerprint density at radius 3 is 2.67 bits per heavy atom. The van der Waals surface area contributed by atoms with E-state index in [1.165, 1.54) is 0 Å². The lowest BCUT2D eigenvalue weighted by Gasteiger charge is -1.82. The quantitative estimate of drug-likeness (QED) is 0.630. The maximum atomic E-state index is 3.88. The third-order valence-corrected chi connectivity index (χ3v) is 1.61. The van der Waals surface area contributed by atoms with Crippen LogP contribution < -0.4 is 0 Å². The van der Waals surface area contributed by atoms with Crippen molar-refractivity contribution in [1.29, 1.82) is 0 Å². The molecule has 50 valence electrons. The molecular formula is C5H9N3S. The summed E-state index contributed by atoms with van der Waals surface area (Å²) in [6.07, 6.45) is 2.90. The highest BCUT2D eigenvalue weighted by Crippen LogP contribution is 2.06. The van der Waals surface area contributed by atoms with E-state index in [1.54, 1.807) is 11.8 Å². The van der Waals surface area contributed by atoms with Crippen LogP contribution in [0.25, 0.3) is 0 Å². The van der Waals surface area contributed by atoms with Gasteiger partial charge in [-0.05, 0) is 6.26 Å². The van der Waals surface area contributed by atoms with E-state index >= 15 is 0 Å². The summed E-state index contributed by atoms with van der Waals surface area (Å²) >= 11 is 1.58. The summed E-state index contributed by atoms with van der Waals surface area (Å²) in [6.45, 7) is 2.05. The van der Waals surface area contributed by atoms with Crippen LogP contribution in [-0.2, 0) is 6.42 Å². The average molecular weight is 143 g/mol. The van der Waals surface area contributed by atoms with Gasteiger partial charge in [-0.3, -0.25) is 0 Å². The number of aryl methyl sites for hydroxylation is 1. The highest BCUT2D eigenvalue weighted by atomic mass is 32.2. The molecule has 0 fully saturated rings. The van der Waals surface area contributed by atoms with Crippen molar-refractivity contribution >= 4 is 11.8 Å². The molecule has 0 saturated carbocycles. The first-order chi connectivity index (χ1) is 4.36. The Hall–Kier alpha value is -0.510. The molecule has 0 aromatic carbocycles. The topological polar surface area (TPSA) is 41.6 Å². The molecule has 0 aliphatic heterocycles. The van der Waals surface area contributed by atoms with E-state index in [-0.39, 0.29) is 0 Å². The van der Waals surface area contributed by atoms with Gasteiger partial charge in [-0.2, -0.15) is 0 Å². The standard InChI is InChI=1S/C5H9N3S/c1-3-4-6-5(9-2)8-7-4/h3H2,1-2H3,(H,6,7,8). The zero-order valence-electron chi connectivity index (χ0n) is 5.51. The maximum absolute atomic E-state index is 3.88. The van der Waals surface area contributed by atoms with Gasteiger partial charge >= 0.3 is 0 Å². The predicted molar refractivity (Wildman–Crippen MR) is 37.5 cm³/mol. The molecule has 1 aromatic rings. The summed E-state index contributed by atoms with van der Waals surface area (Å²) in [4.78, 5) is 3.05. The number of thioether (sulfide) groups is 1. The summed E-state index contributed by atoms with van der Waals surface area (Å²) in [5, 5.41) is 8.64. The van der Waals surface area contributed by atoms with Crippen molar-refractivity contribution in [3.63, 3.8) is 0 Å². The predicted octanol–water partition coefficient (Wildman–Crippen LogP) is 1.09. The van der Waals surface area contributed by atoms with Crippen LogP contribution in [0.15, 0.2) is 5.16 Å². The van der Waals surface area contributed by atoms with Gasteiger partial charge in [0.05, 0.1) is 0 Å².